The summed E-state index contributed by atoms with van der Waals surface area (Å²) in [6, 6.07) is 7.99. The van der Waals surface area contributed by atoms with Crippen LogP contribution in [0.15, 0.2) is 46.2 Å². The molecule has 2 rings (SSSR count). The Hall–Kier alpha value is -0.569. The molecule has 0 saturated carbocycles. The molecule has 0 unspecified atom stereocenters. The Balaban J connectivity index is 0.000000443. The molecule has 132 valence electrons. The van der Waals surface area contributed by atoms with E-state index in [1.54, 1.807) is 0 Å². The van der Waals surface area contributed by atoms with Gasteiger partial charge in [0.05, 0.1) is 9.79 Å². The van der Waals surface area contributed by atoms with Gasteiger partial charge < -0.3 is 19.3 Å². The van der Waals surface area contributed by atoms with E-state index in [1.807, 2.05) is 0 Å². The normalized spacial score (nSPS) is 11.0. The van der Waals surface area contributed by atoms with E-state index in [9.17, 15) is 25.9 Å². The van der Waals surface area contributed by atoms with Crippen LogP contribution in [0.3, 0.4) is 0 Å². The summed E-state index contributed by atoms with van der Waals surface area (Å²) < 4.78 is 62.9. The second kappa shape index (κ2) is 9.39. The van der Waals surface area contributed by atoms with Crippen LogP contribution < -0.4 is 0 Å². The molecular formula is C14H14BaO8S2. The Bertz CT molecular complexity index is 873. The zero-order valence-electron chi connectivity index (χ0n) is 13.3. The predicted molar refractivity (Wildman–Crippen MR) is 87.4 cm³/mol. The average molecular weight is 512 g/mol. The van der Waals surface area contributed by atoms with Gasteiger partial charge in [-0.1, -0.05) is 24.3 Å². The molecule has 2 N–H and O–H groups in total. The number of phenolic OH excluding ortho intramolecular Hbond substituents is 2. The van der Waals surface area contributed by atoms with Crippen molar-refractivity contribution in [2.75, 3.05) is 0 Å². The molecule has 11 heteroatoms. The summed E-state index contributed by atoms with van der Waals surface area (Å²) in [6.45, 7) is 3.04. The molecule has 0 heterocycles. The maximum absolute atomic E-state index is 10.5. The topological polar surface area (TPSA) is 155 Å². The average Bonchev–Trinajstić information content (AvgIpc) is 2.43. The van der Waals surface area contributed by atoms with Crippen molar-refractivity contribution in [3.8, 4) is 11.5 Å². The molecule has 0 aliphatic rings. The van der Waals surface area contributed by atoms with Crippen LogP contribution in [0, 0.1) is 13.8 Å². The van der Waals surface area contributed by atoms with Gasteiger partial charge in [0, 0.05) is 0 Å². The quantitative estimate of drug-likeness (QED) is 0.444. The van der Waals surface area contributed by atoms with Crippen LogP contribution in [-0.2, 0) is 20.2 Å². The number of aryl methyl sites for hydroxylation is 2. The van der Waals surface area contributed by atoms with Gasteiger partial charge >= 0.3 is 48.9 Å². The van der Waals surface area contributed by atoms with Crippen LogP contribution in [0.5, 0.6) is 11.5 Å². The molecule has 2 aromatic carbocycles. The second-order valence-corrected chi connectivity index (χ2v) is 7.45. The first kappa shape index (κ1) is 24.4. The molecular weight excluding hydrogens is 498 g/mol. The van der Waals surface area contributed by atoms with Gasteiger partial charge in [-0.2, -0.15) is 0 Å². The Morgan fingerprint density at radius 1 is 0.720 bits per heavy atom. The van der Waals surface area contributed by atoms with Gasteiger partial charge in [-0.3, -0.25) is 0 Å². The monoisotopic (exact) mass is 512 g/mol. The molecule has 8 nitrogen and oxygen atoms in total. The minimum absolute atomic E-state index is 0. The summed E-state index contributed by atoms with van der Waals surface area (Å²) in [4.78, 5) is -1.13. The van der Waals surface area contributed by atoms with Gasteiger partial charge in [-0.15, -0.1) is 0 Å². The van der Waals surface area contributed by atoms with Gasteiger partial charge in [-0.05, 0) is 37.1 Å². The zero-order chi connectivity index (χ0) is 18.7. The van der Waals surface area contributed by atoms with E-state index in [-0.39, 0.29) is 48.9 Å². The van der Waals surface area contributed by atoms with Crippen LogP contribution in [0.2, 0.25) is 0 Å². The standard InChI is InChI=1S/2C7H8O4S.Ba/c2*1-5-3-2-4-6(7(5)8)12(9,10)11;/h2*2-4,8H,1H3,(H,9,10,11);/q;;+2/p-2. The van der Waals surface area contributed by atoms with Crippen LogP contribution in [0.4, 0.5) is 0 Å². The van der Waals surface area contributed by atoms with Gasteiger partial charge in [-0.25, -0.2) is 16.8 Å². The first-order chi connectivity index (χ1) is 10.9. The van der Waals surface area contributed by atoms with E-state index in [0.29, 0.717) is 11.1 Å². The third kappa shape index (κ3) is 6.92. The Morgan fingerprint density at radius 2 is 1.00 bits per heavy atom. The van der Waals surface area contributed by atoms with Gasteiger partial charge in [0.1, 0.15) is 31.7 Å². The van der Waals surface area contributed by atoms with Gasteiger partial charge in [0.25, 0.3) is 0 Å². The van der Waals surface area contributed by atoms with E-state index in [1.165, 1.54) is 38.1 Å². The van der Waals surface area contributed by atoms with Crippen molar-refractivity contribution in [3.63, 3.8) is 0 Å². The number of hydrogen-bond acceptors (Lipinski definition) is 8. The largest absolute Gasteiger partial charge is 2.00 e. The summed E-state index contributed by atoms with van der Waals surface area (Å²) in [5.41, 5.74) is 0.735. The van der Waals surface area contributed by atoms with Crippen molar-refractivity contribution in [1.29, 1.82) is 0 Å². The minimum atomic E-state index is -4.56. The van der Waals surface area contributed by atoms with Crippen LogP contribution in [0.1, 0.15) is 11.1 Å². The third-order valence-electron chi connectivity index (χ3n) is 2.94. The first-order valence-corrected chi connectivity index (χ1v) is 9.16. The summed E-state index contributed by atoms with van der Waals surface area (Å²) in [6.07, 6.45) is 0. The summed E-state index contributed by atoms with van der Waals surface area (Å²) in [5.74, 6) is -0.931. The number of benzene rings is 2. The van der Waals surface area contributed by atoms with Crippen molar-refractivity contribution in [2.45, 2.75) is 23.6 Å². The van der Waals surface area contributed by atoms with E-state index in [4.69, 9.17) is 10.2 Å². The second-order valence-electron chi connectivity index (χ2n) is 4.75. The molecule has 0 atom stereocenters. The SMILES string of the molecule is Cc1cccc(S(=O)(=O)[O-])c1O.Cc1cccc(S(=O)(=O)[O-])c1O.[Ba+2]. The summed E-state index contributed by atoms with van der Waals surface area (Å²) in [7, 11) is -9.11. The van der Waals surface area contributed by atoms with E-state index in [2.05, 4.69) is 0 Å². The number of rotatable bonds is 2. The molecule has 0 aromatic heterocycles. The van der Waals surface area contributed by atoms with Crippen molar-refractivity contribution >= 4 is 69.1 Å². The van der Waals surface area contributed by atoms with Crippen LogP contribution in [0.25, 0.3) is 0 Å². The maximum Gasteiger partial charge on any atom is 2.00 e. The molecule has 0 saturated heterocycles. The summed E-state index contributed by atoms with van der Waals surface area (Å²) in [5, 5.41) is 18.3. The number of para-hydroxylation sites is 2. The van der Waals surface area contributed by atoms with Crippen LogP contribution in [-0.4, -0.2) is 85.0 Å². The molecule has 2 aromatic rings. The number of hydrogen-bond donors (Lipinski definition) is 2. The fourth-order valence-electron chi connectivity index (χ4n) is 1.67. The molecule has 0 radical (unpaired) electrons. The number of phenols is 2. The molecule has 0 bridgehead atoms. The zero-order valence-corrected chi connectivity index (χ0v) is 19.4. The van der Waals surface area contributed by atoms with Crippen molar-refractivity contribution in [2.24, 2.45) is 0 Å². The van der Waals surface area contributed by atoms with Gasteiger partial charge in [0.15, 0.2) is 0 Å². The fraction of sp³-hybridized carbons (Fsp3) is 0.143. The fourth-order valence-corrected chi connectivity index (χ4v) is 2.95. The molecule has 0 amide bonds. The van der Waals surface area contributed by atoms with Crippen molar-refractivity contribution in [3.05, 3.63) is 47.5 Å². The summed E-state index contributed by atoms with van der Waals surface area (Å²) >= 11 is 0. The van der Waals surface area contributed by atoms with Crippen LogP contribution >= 0.6 is 0 Å². The molecule has 0 aliphatic heterocycles. The predicted octanol–water partition coefficient (Wildman–Crippen LogP) is 0.829. The molecule has 0 fully saturated rings. The Morgan fingerprint density at radius 3 is 1.20 bits per heavy atom. The third-order valence-corrected chi connectivity index (χ3v) is 4.68. The van der Waals surface area contributed by atoms with E-state index in [0.717, 1.165) is 12.1 Å². The van der Waals surface area contributed by atoms with Crippen molar-refractivity contribution < 1.29 is 36.2 Å². The van der Waals surface area contributed by atoms with E-state index >= 15 is 0 Å². The molecule has 0 spiro atoms. The first-order valence-electron chi connectivity index (χ1n) is 6.34. The van der Waals surface area contributed by atoms with Gasteiger partial charge in [0.2, 0.25) is 0 Å². The molecule has 0 aliphatic carbocycles. The number of aromatic hydroxyl groups is 2. The Kier molecular flexibility index (Phi) is 9.18. The molecule has 25 heavy (non-hydrogen) atoms. The Labute approximate surface area is 186 Å². The van der Waals surface area contributed by atoms with E-state index < -0.39 is 41.5 Å². The maximum atomic E-state index is 10.5. The smallest absolute Gasteiger partial charge is 0.744 e. The van der Waals surface area contributed by atoms with Crippen molar-refractivity contribution in [1.82, 2.24) is 0 Å². The minimum Gasteiger partial charge on any atom is -0.744 e.